The van der Waals surface area contributed by atoms with Crippen molar-refractivity contribution in [3.63, 3.8) is 0 Å². The number of hydrogen-bond acceptors (Lipinski definition) is 3. The first kappa shape index (κ1) is 25.2. The molecule has 0 N–H and O–H groups in total. The molecule has 0 amide bonds. The van der Waals surface area contributed by atoms with Gasteiger partial charge in [-0.2, -0.15) is 0 Å². The molecule has 0 spiro atoms. The van der Waals surface area contributed by atoms with E-state index in [1.807, 2.05) is 60.9 Å². The number of nitrogens with zero attached hydrogens (tertiary/aromatic N) is 3. The largest absolute Gasteiger partial charge is 2.00 e. The zero-order chi connectivity index (χ0) is 17.6. The van der Waals surface area contributed by atoms with Crippen molar-refractivity contribution in [2.75, 3.05) is 4.67 Å². The summed E-state index contributed by atoms with van der Waals surface area (Å²) in [6.07, 6.45) is 3.66. The van der Waals surface area contributed by atoms with E-state index in [4.69, 9.17) is 0 Å². The maximum Gasteiger partial charge on any atom is 2.00 e. The minimum Gasteiger partial charge on any atom is -1.00 e. The summed E-state index contributed by atoms with van der Waals surface area (Å²) in [5, 5.41) is 2.51. The third-order valence-electron chi connectivity index (χ3n) is 3.93. The molecule has 0 bridgehead atoms. The summed E-state index contributed by atoms with van der Waals surface area (Å²) in [6, 6.07) is 33.1. The van der Waals surface area contributed by atoms with E-state index in [1.165, 1.54) is 10.6 Å². The van der Waals surface area contributed by atoms with E-state index in [0.29, 0.717) is 0 Å². The Kier molecular flexibility index (Phi) is 11.1. The standard InChI is InChI=1S/C22H18N3P.2ClH.Pd/c1-3-11-19(12-4-1)26(20-13-5-2-6-14-20)25(21-15-7-9-17-23-21)22-16-8-10-18-24-22;;;/h1-18H;2*1H;/q;;;+2/p-2. The molecule has 2 heterocycles. The molecule has 150 valence electrons. The first-order valence-corrected chi connectivity index (χ1v) is 9.75. The van der Waals surface area contributed by atoms with E-state index in [9.17, 15) is 0 Å². The van der Waals surface area contributed by atoms with Crippen molar-refractivity contribution in [2.45, 2.75) is 0 Å². The fourth-order valence-electron chi connectivity index (χ4n) is 2.80. The molecule has 29 heavy (non-hydrogen) atoms. The molecule has 0 aliphatic rings. The first-order valence-electron chi connectivity index (χ1n) is 8.46. The average Bonchev–Trinajstić information content (AvgIpc) is 2.74. The van der Waals surface area contributed by atoms with Gasteiger partial charge in [-0.25, -0.2) is 9.97 Å². The average molecular weight is 533 g/mol. The van der Waals surface area contributed by atoms with Gasteiger partial charge in [0.1, 0.15) is 11.6 Å². The predicted octanol–water partition coefficient (Wildman–Crippen LogP) is -1.33. The number of aromatic nitrogens is 2. The Labute approximate surface area is 198 Å². The van der Waals surface area contributed by atoms with Crippen LogP contribution in [0.25, 0.3) is 0 Å². The van der Waals surface area contributed by atoms with Crippen molar-refractivity contribution >= 4 is 30.3 Å². The van der Waals surface area contributed by atoms with Gasteiger partial charge < -0.3 is 24.8 Å². The summed E-state index contributed by atoms with van der Waals surface area (Å²) in [5.41, 5.74) is 0. The molecule has 0 aliphatic carbocycles. The Morgan fingerprint density at radius 3 is 1.24 bits per heavy atom. The normalized spacial score (nSPS) is 9.55. The maximum absolute atomic E-state index is 4.63. The van der Waals surface area contributed by atoms with Gasteiger partial charge in [0.25, 0.3) is 0 Å². The summed E-state index contributed by atoms with van der Waals surface area (Å²) in [7, 11) is -0.859. The molecule has 0 fully saturated rings. The fraction of sp³-hybridized carbons (Fsp3) is 0. The van der Waals surface area contributed by atoms with Crippen LogP contribution in [0.1, 0.15) is 0 Å². The molecule has 7 heteroatoms. The van der Waals surface area contributed by atoms with E-state index < -0.39 is 8.07 Å². The quantitative estimate of drug-likeness (QED) is 0.236. The number of halogens is 2. The zero-order valence-electron chi connectivity index (χ0n) is 15.3. The topological polar surface area (TPSA) is 29.0 Å². The maximum atomic E-state index is 4.63. The van der Waals surface area contributed by atoms with Gasteiger partial charge >= 0.3 is 20.4 Å². The van der Waals surface area contributed by atoms with Crippen LogP contribution >= 0.6 is 8.07 Å². The Morgan fingerprint density at radius 1 is 0.517 bits per heavy atom. The van der Waals surface area contributed by atoms with E-state index in [0.717, 1.165) is 11.6 Å². The molecule has 4 aromatic rings. The van der Waals surface area contributed by atoms with Gasteiger partial charge in [0.05, 0.1) is 8.07 Å². The van der Waals surface area contributed by atoms with E-state index in [1.54, 1.807) is 0 Å². The number of hydrogen-bond donors (Lipinski definition) is 0. The van der Waals surface area contributed by atoms with Gasteiger partial charge in [-0.1, -0.05) is 72.8 Å². The van der Waals surface area contributed by atoms with Crippen molar-refractivity contribution in [2.24, 2.45) is 0 Å². The summed E-state index contributed by atoms with van der Waals surface area (Å²) in [4.78, 5) is 9.26. The molecular weight excluding hydrogens is 515 g/mol. The van der Waals surface area contributed by atoms with Crippen LogP contribution in [-0.2, 0) is 20.4 Å². The molecule has 0 saturated heterocycles. The van der Waals surface area contributed by atoms with Gasteiger partial charge in [0.2, 0.25) is 0 Å². The monoisotopic (exact) mass is 531 g/mol. The fourth-order valence-corrected chi connectivity index (χ4v) is 5.11. The third kappa shape index (κ3) is 6.09. The Hall–Kier alpha value is -1.79. The van der Waals surface area contributed by atoms with E-state index >= 15 is 0 Å². The van der Waals surface area contributed by atoms with Gasteiger partial charge in [0.15, 0.2) is 0 Å². The molecule has 3 nitrogen and oxygen atoms in total. The van der Waals surface area contributed by atoms with Crippen LogP contribution in [0.3, 0.4) is 0 Å². The van der Waals surface area contributed by atoms with Crippen LogP contribution in [0.4, 0.5) is 11.6 Å². The summed E-state index contributed by atoms with van der Waals surface area (Å²) < 4.78 is 2.25. The van der Waals surface area contributed by atoms with Crippen LogP contribution in [0.5, 0.6) is 0 Å². The second-order valence-corrected chi connectivity index (χ2v) is 7.73. The molecule has 0 aliphatic heterocycles. The molecule has 0 atom stereocenters. The second kappa shape index (κ2) is 12.7. The Bertz CT molecular complexity index is 789. The van der Waals surface area contributed by atoms with E-state index in [2.05, 4.69) is 63.2 Å². The van der Waals surface area contributed by atoms with Gasteiger partial charge in [-0.15, -0.1) is 0 Å². The second-order valence-electron chi connectivity index (χ2n) is 5.67. The number of anilines is 2. The van der Waals surface area contributed by atoms with Crippen LogP contribution in [0.15, 0.2) is 109 Å². The third-order valence-corrected chi connectivity index (χ3v) is 6.32. The molecule has 4 rings (SSSR count). The van der Waals surface area contributed by atoms with Crippen molar-refractivity contribution in [1.82, 2.24) is 9.97 Å². The molecule has 2 aromatic carbocycles. The number of rotatable bonds is 5. The zero-order valence-corrected chi connectivity index (χ0v) is 19.2. The summed E-state index contributed by atoms with van der Waals surface area (Å²) in [5.74, 6) is 1.79. The van der Waals surface area contributed by atoms with Crippen LogP contribution < -0.4 is 40.1 Å². The molecule has 0 radical (unpaired) electrons. The Balaban J connectivity index is 0.00000140. The molecule has 0 unspecified atom stereocenters. The number of benzene rings is 2. The first-order chi connectivity index (χ1) is 12.9. The summed E-state index contributed by atoms with van der Waals surface area (Å²) in [6.45, 7) is 0. The number of pyridine rings is 2. The summed E-state index contributed by atoms with van der Waals surface area (Å²) >= 11 is 0. The Morgan fingerprint density at radius 2 is 0.897 bits per heavy atom. The van der Waals surface area contributed by atoms with Crippen molar-refractivity contribution < 1.29 is 45.2 Å². The molecule has 2 aromatic heterocycles. The van der Waals surface area contributed by atoms with Gasteiger partial charge in [-0.3, -0.25) is 4.67 Å². The smallest absolute Gasteiger partial charge is 1.00 e. The molecule has 0 saturated carbocycles. The van der Waals surface area contributed by atoms with Crippen molar-refractivity contribution in [1.29, 1.82) is 0 Å². The minimum atomic E-state index is -0.859. The van der Waals surface area contributed by atoms with Crippen molar-refractivity contribution in [3.05, 3.63) is 109 Å². The van der Waals surface area contributed by atoms with E-state index in [-0.39, 0.29) is 45.2 Å². The van der Waals surface area contributed by atoms with Crippen LogP contribution in [-0.4, -0.2) is 9.97 Å². The minimum absolute atomic E-state index is 0. The van der Waals surface area contributed by atoms with Crippen LogP contribution in [0.2, 0.25) is 0 Å². The SMILES string of the molecule is [Cl-].[Cl-].[Pd+2].c1ccc(P(c2ccccc2)N(c2ccccn2)c2ccccn2)cc1. The van der Waals surface area contributed by atoms with Gasteiger partial charge in [-0.05, 0) is 24.3 Å². The van der Waals surface area contributed by atoms with Gasteiger partial charge in [0, 0.05) is 23.0 Å². The molecular formula is C22H18Cl2N3PPd. The van der Waals surface area contributed by atoms with Crippen molar-refractivity contribution in [3.8, 4) is 0 Å². The predicted molar refractivity (Wildman–Crippen MR) is 110 cm³/mol. The van der Waals surface area contributed by atoms with Crippen LogP contribution in [0, 0.1) is 0 Å².